The monoisotopic (exact) mass is 198 g/mol. The third-order valence-corrected chi connectivity index (χ3v) is 7.33. The van der Waals surface area contributed by atoms with Crippen LogP contribution in [0.15, 0.2) is 12.2 Å². The van der Waals surface area contributed by atoms with E-state index in [-0.39, 0.29) is 0 Å². The first kappa shape index (κ1) is 7.14. The number of hydrogen-bond acceptors (Lipinski definition) is 0. The fraction of sp³-hybridized carbons (Fsp3) is 0.867. The van der Waals surface area contributed by atoms with E-state index in [0.29, 0.717) is 0 Å². The lowest BCUT2D eigenvalue weighted by Crippen LogP contribution is -2.25. The molecule has 0 N–H and O–H groups in total. The Morgan fingerprint density at radius 3 is 2.40 bits per heavy atom. The van der Waals surface area contributed by atoms with Gasteiger partial charge in [-0.25, -0.2) is 0 Å². The van der Waals surface area contributed by atoms with Crippen LogP contribution in [0.4, 0.5) is 0 Å². The molecule has 6 aliphatic rings. The highest BCUT2D eigenvalue weighted by atomic mass is 14.9. The molecule has 2 spiro atoms. The van der Waals surface area contributed by atoms with Gasteiger partial charge in [-0.3, -0.25) is 0 Å². The van der Waals surface area contributed by atoms with Crippen molar-refractivity contribution in [2.24, 2.45) is 46.3 Å². The summed E-state index contributed by atoms with van der Waals surface area (Å²) >= 11 is 0. The van der Waals surface area contributed by atoms with Gasteiger partial charge in [-0.05, 0) is 78.4 Å². The molecule has 0 aromatic heterocycles. The van der Waals surface area contributed by atoms with Gasteiger partial charge in [0.05, 0.1) is 0 Å². The molecule has 0 amide bonds. The standard InChI is InChI=1S/C15H18/c1-2-14(3-4-14)12-8(1)11-9-7-10(9)13(12)15(11)5-6-15/h1-2,8-13H,3-7H2/t8-,9-,10+,11-,12-,13+/m1/s1. The Hall–Kier alpha value is -0.260. The van der Waals surface area contributed by atoms with Gasteiger partial charge in [0, 0.05) is 0 Å². The Morgan fingerprint density at radius 2 is 1.67 bits per heavy atom. The predicted molar refractivity (Wildman–Crippen MR) is 58.0 cm³/mol. The van der Waals surface area contributed by atoms with Crippen LogP contribution in [0.3, 0.4) is 0 Å². The number of allylic oxidation sites excluding steroid dienone is 2. The predicted octanol–water partition coefficient (Wildman–Crippen LogP) is 3.24. The molecule has 6 rings (SSSR count). The van der Waals surface area contributed by atoms with Crippen molar-refractivity contribution in [1.29, 1.82) is 0 Å². The lowest BCUT2D eigenvalue weighted by atomic mass is 9.75. The first-order valence-corrected chi connectivity index (χ1v) is 7.05. The van der Waals surface area contributed by atoms with E-state index in [1.807, 2.05) is 0 Å². The summed E-state index contributed by atoms with van der Waals surface area (Å²) in [5.74, 6) is 7.01. The molecule has 5 fully saturated rings. The summed E-state index contributed by atoms with van der Waals surface area (Å²) in [6.45, 7) is 0. The van der Waals surface area contributed by atoms with Crippen molar-refractivity contribution in [2.75, 3.05) is 0 Å². The third kappa shape index (κ3) is 0.531. The van der Waals surface area contributed by atoms with Gasteiger partial charge in [-0.1, -0.05) is 12.2 Å². The molecule has 15 heavy (non-hydrogen) atoms. The van der Waals surface area contributed by atoms with Crippen molar-refractivity contribution in [1.82, 2.24) is 0 Å². The Morgan fingerprint density at radius 1 is 0.867 bits per heavy atom. The number of hydrogen-bond donors (Lipinski definition) is 0. The highest BCUT2D eigenvalue weighted by molar-refractivity contribution is 5.37. The summed E-state index contributed by atoms with van der Waals surface area (Å²) in [6.07, 6.45) is 13.3. The maximum absolute atomic E-state index is 2.68. The molecule has 6 atom stereocenters. The Balaban J connectivity index is 1.60. The minimum Gasteiger partial charge on any atom is -0.0842 e. The zero-order valence-corrected chi connectivity index (χ0v) is 9.15. The van der Waals surface area contributed by atoms with Crippen LogP contribution in [0.5, 0.6) is 0 Å². The minimum absolute atomic E-state index is 0.771. The molecule has 0 unspecified atom stereocenters. The second-order valence-corrected chi connectivity index (χ2v) is 7.54. The van der Waals surface area contributed by atoms with Crippen molar-refractivity contribution < 1.29 is 0 Å². The molecule has 5 saturated carbocycles. The van der Waals surface area contributed by atoms with Crippen molar-refractivity contribution in [3.63, 3.8) is 0 Å². The van der Waals surface area contributed by atoms with Gasteiger partial charge in [0.1, 0.15) is 0 Å². The van der Waals surface area contributed by atoms with Crippen LogP contribution in [0.1, 0.15) is 32.1 Å². The molecule has 0 aromatic rings. The topological polar surface area (TPSA) is 0 Å². The molecule has 0 heterocycles. The first-order chi connectivity index (χ1) is 7.36. The van der Waals surface area contributed by atoms with Crippen LogP contribution in [-0.2, 0) is 0 Å². The van der Waals surface area contributed by atoms with Crippen LogP contribution in [-0.4, -0.2) is 0 Å². The summed E-state index contributed by atoms with van der Waals surface area (Å²) in [6, 6.07) is 0. The Kier molecular flexibility index (Phi) is 0.787. The van der Waals surface area contributed by atoms with E-state index >= 15 is 0 Å². The maximum Gasteiger partial charge on any atom is -0.00806 e. The highest BCUT2D eigenvalue weighted by Crippen LogP contribution is 2.88. The van der Waals surface area contributed by atoms with Crippen LogP contribution in [0.25, 0.3) is 0 Å². The Labute approximate surface area is 91.1 Å². The zero-order valence-electron chi connectivity index (χ0n) is 9.15. The van der Waals surface area contributed by atoms with Gasteiger partial charge < -0.3 is 0 Å². The fourth-order valence-corrected chi connectivity index (χ4v) is 6.74. The van der Waals surface area contributed by atoms with Crippen LogP contribution in [0, 0.1) is 46.3 Å². The molecule has 0 aliphatic heterocycles. The van der Waals surface area contributed by atoms with E-state index < -0.39 is 0 Å². The number of rotatable bonds is 0. The molecule has 6 aliphatic carbocycles. The van der Waals surface area contributed by atoms with Crippen molar-refractivity contribution in [3.8, 4) is 0 Å². The molecule has 78 valence electrons. The molecular weight excluding hydrogens is 180 g/mol. The molecule has 0 nitrogen and oxygen atoms in total. The molecule has 0 radical (unpaired) electrons. The molecule has 2 bridgehead atoms. The Bertz CT molecular complexity index is 410. The van der Waals surface area contributed by atoms with Crippen LogP contribution < -0.4 is 0 Å². The largest absolute Gasteiger partial charge is 0.0842 e. The van der Waals surface area contributed by atoms with Gasteiger partial charge in [-0.15, -0.1) is 0 Å². The van der Waals surface area contributed by atoms with E-state index in [1.165, 1.54) is 23.7 Å². The second kappa shape index (κ2) is 1.65. The van der Waals surface area contributed by atoms with E-state index in [4.69, 9.17) is 0 Å². The van der Waals surface area contributed by atoms with E-state index in [0.717, 1.165) is 22.7 Å². The van der Waals surface area contributed by atoms with Crippen molar-refractivity contribution in [3.05, 3.63) is 12.2 Å². The van der Waals surface area contributed by atoms with Gasteiger partial charge in [-0.2, -0.15) is 0 Å². The first-order valence-electron chi connectivity index (χ1n) is 7.05. The van der Waals surface area contributed by atoms with Gasteiger partial charge in [0.2, 0.25) is 0 Å². The SMILES string of the molecule is C1=CC2(CC2)[C@@H]2[C@H]1[C@@H]1[C@@H]3C[C@@H]3[C@@H]2C12CC2. The molecular formula is C15H18. The molecule has 0 aromatic carbocycles. The van der Waals surface area contributed by atoms with Gasteiger partial charge in [0.15, 0.2) is 0 Å². The smallest absolute Gasteiger partial charge is 0.00806 e. The third-order valence-electron chi connectivity index (χ3n) is 7.33. The van der Waals surface area contributed by atoms with Gasteiger partial charge >= 0.3 is 0 Å². The van der Waals surface area contributed by atoms with Crippen LogP contribution >= 0.6 is 0 Å². The quantitative estimate of drug-likeness (QED) is 0.524. The summed E-state index contributed by atoms with van der Waals surface area (Å²) in [5.41, 5.74) is 1.70. The lowest BCUT2D eigenvalue weighted by Gasteiger charge is -2.29. The fourth-order valence-electron chi connectivity index (χ4n) is 6.74. The average molecular weight is 198 g/mol. The minimum atomic E-state index is 0.771. The molecule has 0 heteroatoms. The summed E-state index contributed by atoms with van der Waals surface area (Å²) in [7, 11) is 0. The zero-order chi connectivity index (χ0) is 9.41. The van der Waals surface area contributed by atoms with E-state index in [9.17, 15) is 0 Å². The number of fused-ring (bicyclic) bond motifs is 7. The van der Waals surface area contributed by atoms with Crippen LogP contribution in [0.2, 0.25) is 0 Å². The average Bonchev–Trinajstić information content (AvgIpc) is 3.07. The summed E-state index contributed by atoms with van der Waals surface area (Å²) in [5, 5.41) is 0. The normalized spacial score (nSPS) is 66.1. The summed E-state index contributed by atoms with van der Waals surface area (Å²) in [4.78, 5) is 0. The highest BCUT2D eigenvalue weighted by Gasteiger charge is 2.82. The van der Waals surface area contributed by atoms with Gasteiger partial charge in [0.25, 0.3) is 0 Å². The molecule has 0 saturated heterocycles. The van der Waals surface area contributed by atoms with E-state index in [2.05, 4.69) is 12.2 Å². The van der Waals surface area contributed by atoms with Crippen molar-refractivity contribution in [2.45, 2.75) is 32.1 Å². The second-order valence-electron chi connectivity index (χ2n) is 7.54. The summed E-state index contributed by atoms with van der Waals surface area (Å²) < 4.78 is 0. The lowest BCUT2D eigenvalue weighted by molar-refractivity contribution is 0.196. The van der Waals surface area contributed by atoms with E-state index in [1.54, 1.807) is 32.1 Å². The maximum atomic E-state index is 2.68. The van der Waals surface area contributed by atoms with Crippen molar-refractivity contribution >= 4 is 0 Å².